The third-order valence-electron chi connectivity index (χ3n) is 3.81. The van der Waals surface area contributed by atoms with Crippen molar-refractivity contribution in [2.24, 2.45) is 0 Å². The molecule has 0 saturated heterocycles. The number of nitrogens with zero attached hydrogens (tertiary/aromatic N) is 1. The van der Waals surface area contributed by atoms with E-state index in [4.69, 9.17) is 0 Å². The van der Waals surface area contributed by atoms with Gasteiger partial charge in [-0.15, -0.1) is 11.3 Å². The molecule has 0 unspecified atom stereocenters. The Balaban J connectivity index is 1.59. The van der Waals surface area contributed by atoms with Gasteiger partial charge in [0.2, 0.25) is 5.91 Å². The van der Waals surface area contributed by atoms with Gasteiger partial charge in [-0.05, 0) is 55.2 Å². The molecule has 0 saturated carbocycles. The van der Waals surface area contributed by atoms with Gasteiger partial charge in [0.15, 0.2) is 0 Å². The monoisotopic (exact) mass is 332 g/mol. The zero-order chi connectivity index (χ0) is 16.4. The smallest absolute Gasteiger partial charge is 0.264 e. The lowest BCUT2D eigenvalue weighted by molar-refractivity contribution is -0.116. The molecule has 6 heteroatoms. The third-order valence-corrected chi connectivity index (χ3v) is 5.04. The average Bonchev–Trinajstić information content (AvgIpc) is 3.10. The molecular formula is C17H17FN2O2S. The third kappa shape index (κ3) is 3.59. The Morgan fingerprint density at radius 1 is 1.26 bits per heavy atom. The van der Waals surface area contributed by atoms with E-state index in [0.717, 1.165) is 19.3 Å². The van der Waals surface area contributed by atoms with Gasteiger partial charge >= 0.3 is 0 Å². The number of hydrogen-bond acceptors (Lipinski definition) is 3. The molecule has 0 aliphatic heterocycles. The zero-order valence-corrected chi connectivity index (χ0v) is 13.6. The van der Waals surface area contributed by atoms with Crippen molar-refractivity contribution in [3.05, 3.63) is 51.5 Å². The number of amides is 2. The molecule has 0 spiro atoms. The van der Waals surface area contributed by atoms with Gasteiger partial charge in [-0.2, -0.15) is 0 Å². The van der Waals surface area contributed by atoms with Gasteiger partial charge in [-0.25, -0.2) is 4.39 Å². The highest BCUT2D eigenvalue weighted by molar-refractivity contribution is 7.14. The summed E-state index contributed by atoms with van der Waals surface area (Å²) in [5.74, 6) is -0.809. The molecule has 1 aromatic carbocycles. The molecule has 2 aromatic rings. The van der Waals surface area contributed by atoms with Crippen molar-refractivity contribution in [2.45, 2.75) is 19.3 Å². The van der Waals surface area contributed by atoms with E-state index in [1.807, 2.05) is 6.07 Å². The molecule has 1 aliphatic rings. The summed E-state index contributed by atoms with van der Waals surface area (Å²) in [6.45, 7) is -0.0429. The number of halogens is 1. The van der Waals surface area contributed by atoms with E-state index in [1.165, 1.54) is 50.9 Å². The summed E-state index contributed by atoms with van der Waals surface area (Å²) < 4.78 is 12.8. The van der Waals surface area contributed by atoms with Gasteiger partial charge in [0, 0.05) is 17.6 Å². The van der Waals surface area contributed by atoms with Crippen molar-refractivity contribution in [2.75, 3.05) is 18.9 Å². The Labute approximate surface area is 137 Å². The molecule has 1 N–H and O–H groups in total. The molecule has 0 radical (unpaired) electrons. The van der Waals surface area contributed by atoms with Crippen molar-refractivity contribution in [3.8, 4) is 0 Å². The van der Waals surface area contributed by atoms with Crippen LogP contribution in [-0.4, -0.2) is 30.3 Å². The fourth-order valence-corrected chi connectivity index (χ4v) is 3.89. The molecule has 2 amide bonds. The zero-order valence-electron chi connectivity index (χ0n) is 12.8. The predicted molar refractivity (Wildman–Crippen MR) is 88.3 cm³/mol. The van der Waals surface area contributed by atoms with Crippen LogP contribution in [0.25, 0.3) is 0 Å². The van der Waals surface area contributed by atoms with Crippen molar-refractivity contribution in [1.82, 2.24) is 4.90 Å². The largest absolute Gasteiger partial charge is 0.332 e. The molecule has 23 heavy (non-hydrogen) atoms. The standard InChI is InChI=1S/C17H17FN2O2S/c1-20(10-16(21)19-13-7-5-12(18)6-8-13)17(22)15-9-11-3-2-4-14(11)23-15/h5-9H,2-4,10H2,1H3,(H,19,21). The Kier molecular flexibility index (Phi) is 4.43. The number of rotatable bonds is 4. The summed E-state index contributed by atoms with van der Waals surface area (Å²) in [6, 6.07) is 7.47. The fraction of sp³-hybridized carbons (Fsp3) is 0.294. The Morgan fingerprint density at radius 2 is 2.00 bits per heavy atom. The number of fused-ring (bicyclic) bond motifs is 1. The molecular weight excluding hydrogens is 315 g/mol. The van der Waals surface area contributed by atoms with E-state index in [-0.39, 0.29) is 24.2 Å². The van der Waals surface area contributed by atoms with Crippen molar-refractivity contribution in [3.63, 3.8) is 0 Å². The van der Waals surface area contributed by atoms with Crippen LogP contribution in [0.5, 0.6) is 0 Å². The van der Waals surface area contributed by atoms with Crippen molar-refractivity contribution >= 4 is 28.8 Å². The quantitative estimate of drug-likeness (QED) is 0.935. The number of hydrogen-bond donors (Lipinski definition) is 1. The molecule has 0 fully saturated rings. The van der Waals surface area contributed by atoms with E-state index >= 15 is 0 Å². The molecule has 4 nitrogen and oxygen atoms in total. The van der Waals surface area contributed by atoms with Crippen LogP contribution < -0.4 is 5.32 Å². The highest BCUT2D eigenvalue weighted by Gasteiger charge is 2.21. The first-order valence-electron chi connectivity index (χ1n) is 7.45. The average molecular weight is 332 g/mol. The highest BCUT2D eigenvalue weighted by Crippen LogP contribution is 2.31. The SMILES string of the molecule is CN(CC(=O)Nc1ccc(F)cc1)C(=O)c1cc2c(s1)CCC2. The minimum atomic E-state index is -0.360. The lowest BCUT2D eigenvalue weighted by Gasteiger charge is -2.16. The molecule has 1 aromatic heterocycles. The normalized spacial score (nSPS) is 12.8. The summed E-state index contributed by atoms with van der Waals surface area (Å²) in [5.41, 5.74) is 1.77. The number of carbonyl (C=O) groups is 2. The van der Waals surface area contributed by atoms with E-state index in [1.54, 1.807) is 7.05 Å². The van der Waals surface area contributed by atoms with Gasteiger partial charge in [-0.1, -0.05) is 0 Å². The summed E-state index contributed by atoms with van der Waals surface area (Å²) in [6.07, 6.45) is 3.24. The number of nitrogens with one attached hydrogen (secondary N) is 1. The Bertz CT molecular complexity index is 718. The first-order valence-corrected chi connectivity index (χ1v) is 8.27. The maximum atomic E-state index is 12.8. The van der Waals surface area contributed by atoms with Gasteiger partial charge in [0.05, 0.1) is 11.4 Å². The van der Waals surface area contributed by atoms with E-state index in [2.05, 4.69) is 5.32 Å². The van der Waals surface area contributed by atoms with Crippen LogP contribution in [0.3, 0.4) is 0 Å². The molecule has 120 valence electrons. The predicted octanol–water partition coefficient (Wildman–Crippen LogP) is 3.09. The van der Waals surface area contributed by atoms with Crippen LogP contribution in [-0.2, 0) is 17.6 Å². The summed E-state index contributed by atoms with van der Waals surface area (Å²) in [4.78, 5) is 27.8. The molecule has 1 aliphatic carbocycles. The summed E-state index contributed by atoms with van der Waals surface area (Å²) in [5, 5.41) is 2.65. The van der Waals surface area contributed by atoms with Crippen LogP contribution >= 0.6 is 11.3 Å². The highest BCUT2D eigenvalue weighted by atomic mass is 32.1. The Hall–Kier alpha value is -2.21. The van der Waals surface area contributed by atoms with Crippen molar-refractivity contribution in [1.29, 1.82) is 0 Å². The van der Waals surface area contributed by atoms with Crippen LogP contribution in [0.2, 0.25) is 0 Å². The lowest BCUT2D eigenvalue weighted by Crippen LogP contribution is -2.34. The first kappa shape index (κ1) is 15.7. The van der Waals surface area contributed by atoms with Crippen molar-refractivity contribution < 1.29 is 14.0 Å². The minimum Gasteiger partial charge on any atom is -0.332 e. The van der Waals surface area contributed by atoms with E-state index in [9.17, 15) is 14.0 Å². The second kappa shape index (κ2) is 6.50. The minimum absolute atomic E-state index is 0.0429. The first-order chi connectivity index (χ1) is 11.0. The number of benzene rings is 1. The van der Waals surface area contributed by atoms with Gasteiger partial charge in [0.25, 0.3) is 5.91 Å². The van der Waals surface area contributed by atoms with E-state index < -0.39 is 0 Å². The van der Waals surface area contributed by atoms with Crippen LogP contribution in [0, 0.1) is 5.82 Å². The fourth-order valence-electron chi connectivity index (χ4n) is 2.64. The summed E-state index contributed by atoms with van der Waals surface area (Å²) in [7, 11) is 1.61. The van der Waals surface area contributed by atoms with Gasteiger partial charge < -0.3 is 10.2 Å². The van der Waals surface area contributed by atoms with Gasteiger partial charge in [-0.3, -0.25) is 9.59 Å². The number of anilines is 1. The lowest BCUT2D eigenvalue weighted by atomic mass is 10.2. The molecule has 0 bridgehead atoms. The van der Waals surface area contributed by atoms with Crippen LogP contribution in [0.1, 0.15) is 26.5 Å². The maximum absolute atomic E-state index is 12.8. The molecule has 3 rings (SSSR count). The topological polar surface area (TPSA) is 49.4 Å². The number of thiophene rings is 1. The van der Waals surface area contributed by atoms with E-state index in [0.29, 0.717) is 10.6 Å². The maximum Gasteiger partial charge on any atom is 0.264 e. The molecule has 1 heterocycles. The Morgan fingerprint density at radius 3 is 2.70 bits per heavy atom. The van der Waals surface area contributed by atoms with Crippen LogP contribution in [0.4, 0.5) is 10.1 Å². The number of aryl methyl sites for hydroxylation is 2. The summed E-state index contributed by atoms with van der Waals surface area (Å²) >= 11 is 1.53. The molecule has 0 atom stereocenters. The number of likely N-dealkylation sites (N-methyl/N-ethyl adjacent to an activating group) is 1. The number of carbonyl (C=O) groups excluding carboxylic acids is 2. The second-order valence-corrected chi connectivity index (χ2v) is 6.77. The van der Waals surface area contributed by atoms with Gasteiger partial charge in [0.1, 0.15) is 5.82 Å². The van der Waals surface area contributed by atoms with Crippen LogP contribution in [0.15, 0.2) is 30.3 Å². The second-order valence-electron chi connectivity index (χ2n) is 5.63.